The minimum Gasteiger partial charge on any atom is -0.368 e. The number of hydrogen-bond acceptors (Lipinski definition) is 1. The van der Waals surface area contributed by atoms with E-state index in [2.05, 4.69) is 43.5 Å². The van der Waals surface area contributed by atoms with Gasteiger partial charge in [-0.2, -0.15) is 0 Å². The first-order valence-electron chi connectivity index (χ1n) is 5.74. The molecule has 0 saturated carbocycles. The van der Waals surface area contributed by atoms with Crippen molar-refractivity contribution >= 4 is 11.4 Å². The molecule has 0 atom stereocenters. The van der Waals surface area contributed by atoms with E-state index < -0.39 is 0 Å². The molecule has 2 heteroatoms. The highest BCUT2D eigenvalue weighted by Crippen LogP contribution is 2.42. The largest absolute Gasteiger partial charge is 0.368 e. The van der Waals surface area contributed by atoms with Crippen LogP contribution in [0.15, 0.2) is 18.2 Å². The second-order valence-electron chi connectivity index (χ2n) is 5.42. The highest BCUT2D eigenvalue weighted by atomic mass is 15.2. The third-order valence-electron chi connectivity index (χ3n) is 3.34. The fraction of sp³-hybridized carbons (Fsp3) is 0.500. The molecule has 1 heterocycles. The van der Waals surface area contributed by atoms with Crippen molar-refractivity contribution in [2.45, 2.75) is 39.2 Å². The molecule has 16 heavy (non-hydrogen) atoms. The highest BCUT2D eigenvalue weighted by Gasteiger charge is 2.35. The normalized spacial score (nSPS) is 17.4. The Morgan fingerprint density at radius 1 is 1.38 bits per heavy atom. The molecule has 1 aliphatic rings. The van der Waals surface area contributed by atoms with E-state index in [4.69, 9.17) is 6.57 Å². The van der Waals surface area contributed by atoms with Gasteiger partial charge in [0.1, 0.15) is 0 Å². The standard InChI is InChI=1S/C14H18N2/c1-10(2)16-9-14(3,4)12-8-11(15-5)6-7-13(12)16/h6-8,10H,9H2,1-4H3. The van der Waals surface area contributed by atoms with E-state index >= 15 is 0 Å². The lowest BCUT2D eigenvalue weighted by Gasteiger charge is -2.26. The van der Waals surface area contributed by atoms with Gasteiger partial charge in [0.15, 0.2) is 5.69 Å². The predicted octanol–water partition coefficient (Wildman–Crippen LogP) is 3.74. The van der Waals surface area contributed by atoms with Gasteiger partial charge in [0, 0.05) is 23.7 Å². The fourth-order valence-electron chi connectivity index (χ4n) is 2.44. The first-order chi connectivity index (χ1) is 7.45. The zero-order chi connectivity index (χ0) is 11.9. The third kappa shape index (κ3) is 1.57. The lowest BCUT2D eigenvalue weighted by Crippen LogP contribution is -2.33. The lowest BCUT2D eigenvalue weighted by molar-refractivity contribution is 0.532. The summed E-state index contributed by atoms with van der Waals surface area (Å²) < 4.78 is 0. The van der Waals surface area contributed by atoms with Crippen LogP contribution in [-0.4, -0.2) is 12.6 Å². The summed E-state index contributed by atoms with van der Waals surface area (Å²) in [6, 6.07) is 6.57. The second-order valence-corrected chi connectivity index (χ2v) is 5.42. The first kappa shape index (κ1) is 11.0. The van der Waals surface area contributed by atoms with Crippen LogP contribution in [0.4, 0.5) is 11.4 Å². The smallest absolute Gasteiger partial charge is 0.187 e. The van der Waals surface area contributed by atoms with E-state index in [1.165, 1.54) is 11.3 Å². The Morgan fingerprint density at radius 2 is 2.06 bits per heavy atom. The molecule has 0 saturated heterocycles. The van der Waals surface area contributed by atoms with Gasteiger partial charge in [0.05, 0.1) is 6.57 Å². The number of anilines is 1. The molecule has 0 bridgehead atoms. The van der Waals surface area contributed by atoms with Crippen molar-refractivity contribution < 1.29 is 0 Å². The van der Waals surface area contributed by atoms with Gasteiger partial charge < -0.3 is 4.90 Å². The first-order valence-corrected chi connectivity index (χ1v) is 5.74. The minimum absolute atomic E-state index is 0.153. The molecule has 0 unspecified atom stereocenters. The van der Waals surface area contributed by atoms with Crippen LogP contribution in [-0.2, 0) is 5.41 Å². The van der Waals surface area contributed by atoms with Crippen molar-refractivity contribution in [1.29, 1.82) is 0 Å². The maximum Gasteiger partial charge on any atom is 0.187 e. The molecule has 0 amide bonds. The maximum atomic E-state index is 7.08. The molecule has 2 rings (SSSR count). The SMILES string of the molecule is [C-]#[N+]c1ccc2c(c1)C(C)(C)CN2C(C)C. The highest BCUT2D eigenvalue weighted by molar-refractivity contribution is 5.68. The number of nitrogens with zero attached hydrogens (tertiary/aromatic N) is 2. The molecule has 1 aromatic rings. The molecule has 1 aliphatic heterocycles. The van der Waals surface area contributed by atoms with Crippen molar-refractivity contribution in [2.24, 2.45) is 0 Å². The predicted molar refractivity (Wildman–Crippen MR) is 68.2 cm³/mol. The molecule has 0 fully saturated rings. The van der Waals surface area contributed by atoms with Crippen LogP contribution in [0.3, 0.4) is 0 Å². The Hall–Kier alpha value is -1.49. The Labute approximate surface area is 97.7 Å². The molecule has 0 radical (unpaired) electrons. The maximum absolute atomic E-state index is 7.08. The van der Waals surface area contributed by atoms with E-state index in [9.17, 15) is 0 Å². The molecule has 0 N–H and O–H groups in total. The number of fused-ring (bicyclic) bond motifs is 1. The molecule has 0 aromatic heterocycles. The molecular weight excluding hydrogens is 196 g/mol. The van der Waals surface area contributed by atoms with E-state index in [1.807, 2.05) is 12.1 Å². The average molecular weight is 214 g/mol. The molecule has 2 nitrogen and oxygen atoms in total. The van der Waals surface area contributed by atoms with Crippen LogP contribution in [0, 0.1) is 6.57 Å². The van der Waals surface area contributed by atoms with Crippen molar-refractivity contribution in [2.75, 3.05) is 11.4 Å². The lowest BCUT2D eigenvalue weighted by atomic mass is 9.87. The summed E-state index contributed by atoms with van der Waals surface area (Å²) in [7, 11) is 0. The van der Waals surface area contributed by atoms with Gasteiger partial charge in [-0.1, -0.05) is 26.0 Å². The molecule has 0 aliphatic carbocycles. The molecule has 84 valence electrons. The third-order valence-corrected chi connectivity index (χ3v) is 3.34. The van der Waals surface area contributed by atoms with Crippen LogP contribution in [0.1, 0.15) is 33.3 Å². The Bertz CT molecular complexity index is 452. The van der Waals surface area contributed by atoms with E-state index in [0.717, 1.165) is 12.2 Å². The quantitative estimate of drug-likeness (QED) is 0.646. The van der Waals surface area contributed by atoms with Crippen LogP contribution < -0.4 is 4.90 Å². The van der Waals surface area contributed by atoms with E-state index in [-0.39, 0.29) is 5.41 Å². The van der Waals surface area contributed by atoms with Gasteiger partial charge in [0.2, 0.25) is 0 Å². The summed E-state index contributed by atoms with van der Waals surface area (Å²) in [5, 5.41) is 0. The topological polar surface area (TPSA) is 7.60 Å². The zero-order valence-corrected chi connectivity index (χ0v) is 10.4. The van der Waals surface area contributed by atoms with Crippen LogP contribution in [0.25, 0.3) is 4.85 Å². The second kappa shape index (κ2) is 3.52. The Morgan fingerprint density at radius 3 is 2.62 bits per heavy atom. The van der Waals surface area contributed by atoms with Gasteiger partial charge in [-0.25, -0.2) is 4.85 Å². The number of benzene rings is 1. The van der Waals surface area contributed by atoms with Crippen molar-refractivity contribution in [3.05, 3.63) is 35.2 Å². The van der Waals surface area contributed by atoms with Crippen molar-refractivity contribution in [1.82, 2.24) is 0 Å². The van der Waals surface area contributed by atoms with Gasteiger partial charge in [0.25, 0.3) is 0 Å². The van der Waals surface area contributed by atoms with Crippen LogP contribution in [0.5, 0.6) is 0 Å². The van der Waals surface area contributed by atoms with Crippen LogP contribution >= 0.6 is 0 Å². The molecular formula is C14H18N2. The van der Waals surface area contributed by atoms with E-state index in [1.54, 1.807) is 0 Å². The molecule has 1 aromatic carbocycles. The fourth-order valence-corrected chi connectivity index (χ4v) is 2.44. The van der Waals surface area contributed by atoms with Gasteiger partial charge in [-0.3, -0.25) is 0 Å². The van der Waals surface area contributed by atoms with Crippen molar-refractivity contribution in [3.63, 3.8) is 0 Å². The summed E-state index contributed by atoms with van der Waals surface area (Å²) in [6.07, 6.45) is 0. The summed E-state index contributed by atoms with van der Waals surface area (Å²) in [5.41, 5.74) is 3.51. The zero-order valence-electron chi connectivity index (χ0n) is 10.4. The Balaban J connectivity index is 2.55. The number of rotatable bonds is 1. The summed E-state index contributed by atoms with van der Waals surface area (Å²) in [5.74, 6) is 0. The average Bonchev–Trinajstić information content (AvgIpc) is 2.51. The minimum atomic E-state index is 0.153. The van der Waals surface area contributed by atoms with Gasteiger partial charge in [-0.05, 0) is 25.5 Å². The summed E-state index contributed by atoms with van der Waals surface area (Å²) >= 11 is 0. The molecule has 0 spiro atoms. The van der Waals surface area contributed by atoms with Crippen LogP contribution in [0.2, 0.25) is 0 Å². The number of hydrogen-bond donors (Lipinski definition) is 0. The van der Waals surface area contributed by atoms with Gasteiger partial charge >= 0.3 is 0 Å². The van der Waals surface area contributed by atoms with E-state index in [0.29, 0.717) is 6.04 Å². The monoisotopic (exact) mass is 214 g/mol. The summed E-state index contributed by atoms with van der Waals surface area (Å²) in [6.45, 7) is 17.1. The Kier molecular flexibility index (Phi) is 2.42. The van der Waals surface area contributed by atoms with Crippen molar-refractivity contribution in [3.8, 4) is 0 Å². The van der Waals surface area contributed by atoms with Gasteiger partial charge in [-0.15, -0.1) is 0 Å². The summed E-state index contributed by atoms with van der Waals surface area (Å²) in [4.78, 5) is 5.93.